The fraction of sp³-hybridized carbons (Fsp3) is 0.400. The molecule has 3 N–H and O–H groups in total. The number of anilines is 3. The van der Waals surface area contributed by atoms with Crippen molar-refractivity contribution < 1.29 is 23.1 Å². The van der Waals surface area contributed by atoms with E-state index in [0.717, 1.165) is 14.1 Å². The molecule has 3 aromatic rings. The summed E-state index contributed by atoms with van der Waals surface area (Å²) in [6.45, 7) is 8.13. The number of phenols is 1. The van der Waals surface area contributed by atoms with E-state index in [9.17, 15) is 18.7 Å². The third kappa shape index (κ3) is 5.03. The topological polar surface area (TPSA) is 135 Å². The average molecular weight is 516 g/mol. The summed E-state index contributed by atoms with van der Waals surface area (Å²) in [6.07, 6.45) is 0. The van der Waals surface area contributed by atoms with Gasteiger partial charge in [-0.05, 0) is 41.8 Å². The van der Waals surface area contributed by atoms with Crippen LogP contribution < -0.4 is 15.5 Å². The molecule has 0 saturated carbocycles. The van der Waals surface area contributed by atoms with E-state index in [4.69, 9.17) is 16.2 Å². The monoisotopic (exact) mass is 515 g/mol. The number of aryl methyl sites for hydroxylation is 1. The van der Waals surface area contributed by atoms with Gasteiger partial charge in [0.25, 0.3) is 5.82 Å². The highest BCUT2D eigenvalue weighted by atomic mass is 35.5. The Kier molecular flexibility index (Phi) is 6.85. The second-order valence-corrected chi connectivity index (χ2v) is 12.5. The Morgan fingerprint density at radius 1 is 1.27 bits per heavy atom. The highest BCUT2D eigenvalue weighted by Crippen LogP contribution is 2.42. The first-order valence-corrected chi connectivity index (χ1v) is 12.5. The molecular formula is C20H26ClN5O5S2. The van der Waals surface area contributed by atoms with Crippen molar-refractivity contribution in [2.24, 2.45) is 5.41 Å². The van der Waals surface area contributed by atoms with Crippen molar-refractivity contribution in [2.75, 3.05) is 24.7 Å². The molecule has 33 heavy (non-hydrogen) atoms. The molecule has 0 aliphatic carbocycles. The molecule has 10 nitrogen and oxygen atoms in total. The van der Waals surface area contributed by atoms with E-state index in [0.29, 0.717) is 0 Å². The van der Waals surface area contributed by atoms with E-state index in [1.807, 2.05) is 39.8 Å². The number of nitrogens with one attached hydrogen (secondary N) is 2. The van der Waals surface area contributed by atoms with Crippen LogP contribution in [0.15, 0.2) is 33.8 Å². The molecule has 2 heterocycles. The molecule has 1 aromatic carbocycles. The number of rotatable bonds is 7. The Labute approximate surface area is 201 Å². The molecule has 0 aliphatic heterocycles. The molecule has 0 amide bonds. The highest BCUT2D eigenvalue weighted by molar-refractivity contribution is 7.89. The van der Waals surface area contributed by atoms with E-state index in [2.05, 4.69) is 15.8 Å². The van der Waals surface area contributed by atoms with Gasteiger partial charge >= 0.3 is 5.82 Å². The van der Waals surface area contributed by atoms with Crippen LogP contribution in [0.1, 0.15) is 36.6 Å². The molecule has 13 heteroatoms. The summed E-state index contributed by atoms with van der Waals surface area (Å²) < 4.78 is 30.9. The minimum absolute atomic E-state index is 0.0602. The summed E-state index contributed by atoms with van der Waals surface area (Å²) >= 11 is 7.68. The maximum atomic E-state index is 12.6. The summed E-state index contributed by atoms with van der Waals surface area (Å²) in [5.74, 6) is -0.685. The molecule has 180 valence electrons. The predicted octanol–water partition coefficient (Wildman–Crippen LogP) is 4.23. The second-order valence-electron chi connectivity index (χ2n) is 8.70. The van der Waals surface area contributed by atoms with Crippen LogP contribution in [0.3, 0.4) is 0 Å². The predicted molar refractivity (Wildman–Crippen MR) is 128 cm³/mol. The van der Waals surface area contributed by atoms with Gasteiger partial charge in [-0.1, -0.05) is 37.3 Å². The van der Waals surface area contributed by atoms with Gasteiger partial charge in [-0.25, -0.2) is 12.7 Å². The van der Waals surface area contributed by atoms with Crippen molar-refractivity contribution in [1.82, 2.24) is 9.46 Å². The minimum atomic E-state index is -4.06. The SMILES string of the molecule is Cc1ccc([C@H](Nc2no[n+]([O-])c2Nc2ccc(Cl)c(S(=O)(=O)N(C)C)c2O)C(C)(C)C)s1. The number of benzene rings is 1. The fourth-order valence-corrected chi connectivity index (χ4v) is 5.76. The number of aromatic hydroxyl groups is 1. The van der Waals surface area contributed by atoms with Crippen LogP contribution in [0.25, 0.3) is 0 Å². The van der Waals surface area contributed by atoms with Crippen molar-refractivity contribution in [3.05, 3.63) is 44.2 Å². The van der Waals surface area contributed by atoms with Gasteiger partial charge in [0.1, 0.15) is 10.6 Å². The van der Waals surface area contributed by atoms with Crippen molar-refractivity contribution >= 4 is 50.3 Å². The van der Waals surface area contributed by atoms with E-state index >= 15 is 0 Å². The molecule has 0 spiro atoms. The summed E-state index contributed by atoms with van der Waals surface area (Å²) in [6, 6.07) is 6.46. The second kappa shape index (κ2) is 9.01. The van der Waals surface area contributed by atoms with Crippen LogP contribution in [-0.2, 0) is 10.0 Å². The first-order valence-electron chi connectivity index (χ1n) is 9.87. The van der Waals surface area contributed by atoms with E-state index < -0.39 is 20.7 Å². The van der Waals surface area contributed by atoms with Crippen molar-refractivity contribution in [1.29, 1.82) is 0 Å². The van der Waals surface area contributed by atoms with Crippen LogP contribution in [0.4, 0.5) is 17.3 Å². The zero-order valence-corrected chi connectivity index (χ0v) is 21.4. The Morgan fingerprint density at radius 3 is 2.48 bits per heavy atom. The summed E-state index contributed by atoms with van der Waals surface area (Å²) in [5.41, 5.74) is -0.314. The quantitative estimate of drug-likeness (QED) is 0.314. The Balaban J connectivity index is 2.02. The molecule has 0 aliphatic rings. The zero-order valence-electron chi connectivity index (χ0n) is 19.0. The largest absolute Gasteiger partial charge is 0.503 e. The molecular weight excluding hydrogens is 490 g/mol. The third-order valence-corrected chi connectivity index (χ3v) is 8.26. The molecule has 0 unspecified atom stereocenters. The molecule has 0 bridgehead atoms. The number of phenolic OH excluding ortho intramolecular Hbond substituents is 1. The van der Waals surface area contributed by atoms with E-state index in [1.165, 1.54) is 26.2 Å². The van der Waals surface area contributed by atoms with Crippen molar-refractivity contribution in [2.45, 2.75) is 38.6 Å². The lowest BCUT2D eigenvalue weighted by molar-refractivity contribution is -0.790. The van der Waals surface area contributed by atoms with Crippen LogP contribution in [0, 0.1) is 17.5 Å². The zero-order chi connectivity index (χ0) is 24.7. The number of sulfonamides is 1. The average Bonchev–Trinajstić information content (AvgIpc) is 3.26. The van der Waals surface area contributed by atoms with Gasteiger partial charge in [-0.2, -0.15) is 0 Å². The van der Waals surface area contributed by atoms with Gasteiger partial charge < -0.3 is 20.3 Å². The first-order chi connectivity index (χ1) is 15.2. The van der Waals surface area contributed by atoms with Crippen molar-refractivity contribution in [3.63, 3.8) is 0 Å². The number of halogens is 1. The summed E-state index contributed by atoms with van der Waals surface area (Å²) in [5, 5.41) is 32.7. The smallest absolute Gasteiger partial charge is 0.324 e. The van der Waals surface area contributed by atoms with Gasteiger partial charge in [0.2, 0.25) is 10.0 Å². The van der Waals surface area contributed by atoms with E-state index in [1.54, 1.807) is 11.3 Å². The Bertz CT molecular complexity index is 1260. The van der Waals surface area contributed by atoms with Gasteiger partial charge in [0, 0.05) is 23.8 Å². The van der Waals surface area contributed by atoms with Crippen LogP contribution in [0.2, 0.25) is 5.02 Å². The summed E-state index contributed by atoms with van der Waals surface area (Å²) in [4.78, 5) is 1.83. The third-order valence-electron chi connectivity index (χ3n) is 4.88. The normalized spacial score (nSPS) is 13.3. The maximum absolute atomic E-state index is 12.6. The number of hydrogen-bond donors (Lipinski definition) is 3. The Hall–Kier alpha value is -2.54. The van der Waals surface area contributed by atoms with Crippen molar-refractivity contribution in [3.8, 4) is 5.75 Å². The van der Waals surface area contributed by atoms with E-state index in [-0.39, 0.29) is 38.7 Å². The van der Waals surface area contributed by atoms with Gasteiger partial charge in [-0.3, -0.25) is 5.32 Å². The lowest BCUT2D eigenvalue weighted by Crippen LogP contribution is -2.29. The van der Waals surface area contributed by atoms with Gasteiger partial charge in [-0.15, -0.1) is 11.3 Å². The standard InChI is InChI=1S/C20H26ClN5O5S2/c1-11-7-10-14(32-11)17(20(2,3)4)23-18-19(26(28)31-24-18)22-13-9-8-12(21)16(15(13)27)33(29,30)25(5)6/h7-10,17,22,27H,1-6H3,(H,23,24)/t17-/m0/s1. The first kappa shape index (κ1) is 25.1. The minimum Gasteiger partial charge on any atom is -0.503 e. The number of hydrogen-bond acceptors (Lipinski definition) is 9. The fourth-order valence-electron chi connectivity index (χ4n) is 3.11. The molecule has 3 rings (SSSR count). The lowest BCUT2D eigenvalue weighted by Gasteiger charge is -2.30. The number of thiophene rings is 1. The summed E-state index contributed by atoms with van der Waals surface area (Å²) in [7, 11) is -1.42. The van der Waals surface area contributed by atoms with Gasteiger partial charge in [0.15, 0.2) is 5.75 Å². The maximum Gasteiger partial charge on any atom is 0.324 e. The molecule has 1 atom stereocenters. The molecule has 2 aromatic heterocycles. The van der Waals surface area contributed by atoms with Crippen LogP contribution in [0.5, 0.6) is 5.75 Å². The lowest BCUT2D eigenvalue weighted by atomic mass is 9.86. The van der Waals surface area contributed by atoms with Crippen LogP contribution >= 0.6 is 22.9 Å². The molecule has 0 radical (unpaired) electrons. The number of nitrogens with zero attached hydrogens (tertiary/aromatic N) is 3. The molecule has 0 saturated heterocycles. The van der Waals surface area contributed by atoms with Crippen LogP contribution in [-0.4, -0.2) is 37.1 Å². The number of aromatic nitrogens is 2. The highest BCUT2D eigenvalue weighted by Gasteiger charge is 2.33. The van der Waals surface area contributed by atoms with Gasteiger partial charge in [0.05, 0.1) is 11.1 Å². The Morgan fingerprint density at radius 2 is 1.94 bits per heavy atom. The molecule has 0 fully saturated rings.